The average Bonchev–Trinajstić information content (AvgIpc) is 2.72. The highest BCUT2D eigenvalue weighted by atomic mass is 35.5. The molecule has 0 aromatic heterocycles. The number of benzene rings is 3. The largest absolute Gasteiger partial charge is 0.392 e. The molecule has 0 radical (unpaired) electrons. The van der Waals surface area contributed by atoms with Crippen LogP contribution in [0.4, 0.5) is 8.78 Å². The van der Waals surface area contributed by atoms with E-state index in [1.807, 2.05) is 48.5 Å². The van der Waals surface area contributed by atoms with E-state index >= 15 is 0 Å². The van der Waals surface area contributed by atoms with Crippen molar-refractivity contribution in [2.45, 2.75) is 18.4 Å². The zero-order chi connectivity index (χ0) is 23.6. The Hall–Kier alpha value is -2.58. The number of hydrogen-bond acceptors (Lipinski definition) is 4. The van der Waals surface area contributed by atoms with E-state index < -0.39 is 27.2 Å². The second-order valence-corrected chi connectivity index (χ2v) is 10.4. The molecule has 1 atom stereocenters. The maximum atomic E-state index is 13.4. The van der Waals surface area contributed by atoms with E-state index in [1.165, 1.54) is 5.41 Å². The lowest BCUT2D eigenvalue weighted by Crippen LogP contribution is -2.43. The predicted octanol–water partition coefficient (Wildman–Crippen LogP) is 5.01. The van der Waals surface area contributed by atoms with E-state index in [-0.39, 0.29) is 18.2 Å². The molecule has 0 saturated carbocycles. The Morgan fingerprint density at radius 1 is 0.909 bits per heavy atom. The summed E-state index contributed by atoms with van der Waals surface area (Å²) >= 11 is 6.05. The predicted molar refractivity (Wildman–Crippen MR) is 124 cm³/mol. The van der Waals surface area contributed by atoms with Crippen molar-refractivity contribution in [3.8, 4) is 0 Å². The lowest BCUT2D eigenvalue weighted by Gasteiger charge is -2.41. The first-order valence-electron chi connectivity index (χ1n) is 10.3. The monoisotopic (exact) mass is 489 g/mol. The summed E-state index contributed by atoms with van der Waals surface area (Å²) in [6.45, 7) is 0.827. The van der Waals surface area contributed by atoms with Crippen molar-refractivity contribution in [2.75, 3.05) is 13.1 Å². The van der Waals surface area contributed by atoms with Crippen LogP contribution in [0.2, 0.25) is 5.02 Å². The molecule has 1 heterocycles. The van der Waals surface area contributed by atoms with Crippen LogP contribution in [-0.4, -0.2) is 31.5 Å². The normalized spacial score (nSPS) is 15.2. The van der Waals surface area contributed by atoms with Crippen LogP contribution in [0.25, 0.3) is 0 Å². The molecule has 4 nitrogen and oxygen atoms in total. The number of aliphatic hydroxyl groups excluding tert-OH is 1. The Kier molecular flexibility index (Phi) is 6.95. The molecule has 1 unspecified atom stereocenters. The smallest absolute Gasteiger partial charge is 0.175 e. The van der Waals surface area contributed by atoms with E-state index in [0.717, 1.165) is 34.4 Å². The van der Waals surface area contributed by atoms with E-state index in [4.69, 9.17) is 11.6 Å². The summed E-state index contributed by atoms with van der Waals surface area (Å²) in [7, 11) is -3.69. The second-order valence-electron chi connectivity index (χ2n) is 8.12. The van der Waals surface area contributed by atoms with Crippen LogP contribution in [0.5, 0.6) is 0 Å². The van der Waals surface area contributed by atoms with Crippen LogP contribution >= 0.6 is 11.6 Å². The minimum absolute atomic E-state index is 0.0461. The molecular weight excluding hydrogens is 468 g/mol. The highest BCUT2D eigenvalue weighted by molar-refractivity contribution is 7.93. The maximum Gasteiger partial charge on any atom is 0.175 e. The molecule has 0 bridgehead atoms. The average molecular weight is 490 g/mol. The Bertz CT molecular complexity index is 1250. The first-order chi connectivity index (χ1) is 15.7. The van der Waals surface area contributed by atoms with Crippen molar-refractivity contribution in [2.24, 2.45) is 0 Å². The third kappa shape index (κ3) is 5.86. The van der Waals surface area contributed by atoms with Crippen molar-refractivity contribution in [1.29, 1.82) is 0 Å². The first-order valence-corrected chi connectivity index (χ1v) is 12.4. The molecule has 4 rings (SSSR count). The highest BCUT2D eigenvalue weighted by Crippen LogP contribution is 2.35. The molecule has 1 saturated heterocycles. The lowest BCUT2D eigenvalue weighted by atomic mass is 9.93. The number of halogens is 3. The number of likely N-dealkylation sites (tertiary alicyclic amines) is 1. The van der Waals surface area contributed by atoms with E-state index in [2.05, 4.69) is 4.90 Å². The number of sulfone groups is 1. The van der Waals surface area contributed by atoms with Gasteiger partial charge in [-0.1, -0.05) is 48.0 Å². The van der Waals surface area contributed by atoms with Gasteiger partial charge in [0, 0.05) is 29.6 Å². The molecule has 0 aliphatic carbocycles. The minimum Gasteiger partial charge on any atom is -0.392 e. The van der Waals surface area contributed by atoms with Crippen LogP contribution < -0.4 is 0 Å². The summed E-state index contributed by atoms with van der Waals surface area (Å²) in [5.41, 5.74) is 3.61. The molecule has 3 aromatic rings. The van der Waals surface area contributed by atoms with Gasteiger partial charge in [-0.2, -0.15) is 0 Å². The Morgan fingerprint density at radius 2 is 1.45 bits per heavy atom. The fraction of sp³-hybridized carbons (Fsp3) is 0.200. The van der Waals surface area contributed by atoms with E-state index in [9.17, 15) is 22.3 Å². The van der Waals surface area contributed by atoms with Gasteiger partial charge in [0.2, 0.25) is 0 Å². The fourth-order valence-corrected chi connectivity index (χ4v) is 5.52. The van der Waals surface area contributed by atoms with Gasteiger partial charge in [-0.05, 0) is 52.1 Å². The topological polar surface area (TPSA) is 57.6 Å². The first kappa shape index (κ1) is 23.6. The third-order valence-corrected chi connectivity index (χ3v) is 7.16. The molecule has 1 aliphatic heterocycles. The quantitative estimate of drug-likeness (QED) is 0.506. The molecular formula is C25H22ClF2NO3S. The zero-order valence-corrected chi connectivity index (χ0v) is 19.2. The van der Waals surface area contributed by atoms with Gasteiger partial charge in [0.15, 0.2) is 9.84 Å². The third-order valence-electron chi connectivity index (χ3n) is 5.48. The SMILES string of the molecule is O=S(=O)(C=C1CN(C(c2ccc(Cl)cc2)c2ccc(CO)cc2)C1)Cc1cc(F)cc(F)c1. The minimum atomic E-state index is -3.69. The summed E-state index contributed by atoms with van der Waals surface area (Å²) in [4.78, 5) is 2.13. The van der Waals surface area contributed by atoms with Gasteiger partial charge >= 0.3 is 0 Å². The number of nitrogens with zero attached hydrogens (tertiary/aromatic N) is 1. The van der Waals surface area contributed by atoms with E-state index in [0.29, 0.717) is 24.2 Å². The molecule has 1 fully saturated rings. The van der Waals surface area contributed by atoms with Gasteiger partial charge in [0.05, 0.1) is 18.4 Å². The zero-order valence-electron chi connectivity index (χ0n) is 17.6. The van der Waals surface area contributed by atoms with E-state index in [1.54, 1.807) is 0 Å². The molecule has 8 heteroatoms. The fourth-order valence-electron chi connectivity index (χ4n) is 4.02. The van der Waals surface area contributed by atoms with Crippen molar-refractivity contribution in [1.82, 2.24) is 4.90 Å². The van der Waals surface area contributed by atoms with Gasteiger partial charge in [-0.25, -0.2) is 17.2 Å². The van der Waals surface area contributed by atoms with Crippen molar-refractivity contribution in [3.63, 3.8) is 0 Å². The lowest BCUT2D eigenvalue weighted by molar-refractivity contribution is 0.202. The molecule has 1 aliphatic rings. The van der Waals surface area contributed by atoms with Gasteiger partial charge in [-0.3, -0.25) is 4.90 Å². The number of aliphatic hydroxyl groups is 1. The van der Waals surface area contributed by atoms with Gasteiger partial charge in [0.25, 0.3) is 0 Å². The van der Waals surface area contributed by atoms with Crippen LogP contribution in [0.3, 0.4) is 0 Å². The molecule has 3 aromatic carbocycles. The Labute approximate surface area is 196 Å². The summed E-state index contributed by atoms with van der Waals surface area (Å²) < 4.78 is 51.9. The van der Waals surface area contributed by atoms with Crippen LogP contribution in [0.1, 0.15) is 28.3 Å². The van der Waals surface area contributed by atoms with Gasteiger partial charge in [0.1, 0.15) is 11.6 Å². The van der Waals surface area contributed by atoms with Crippen LogP contribution in [0, 0.1) is 11.6 Å². The highest BCUT2D eigenvalue weighted by Gasteiger charge is 2.31. The number of rotatable bonds is 7. The summed E-state index contributed by atoms with van der Waals surface area (Å²) in [6.07, 6.45) is 0. The van der Waals surface area contributed by atoms with Gasteiger partial charge < -0.3 is 5.11 Å². The standard InChI is InChI=1S/C25H22ClF2NO3S/c26-22-7-5-21(6-8-22)25(20-3-1-17(14-30)2-4-20)29-12-19(13-29)16-33(31,32)15-18-9-23(27)11-24(28)10-18/h1-11,16,25,30H,12-15H2. The summed E-state index contributed by atoms with van der Waals surface area (Å²) in [5.74, 6) is -2.07. The van der Waals surface area contributed by atoms with Gasteiger partial charge in [-0.15, -0.1) is 0 Å². The van der Waals surface area contributed by atoms with Crippen LogP contribution in [-0.2, 0) is 22.2 Å². The Balaban J connectivity index is 1.53. The van der Waals surface area contributed by atoms with Crippen molar-refractivity contribution in [3.05, 3.63) is 117 Å². The van der Waals surface area contributed by atoms with Crippen LogP contribution in [0.15, 0.2) is 77.7 Å². The molecule has 33 heavy (non-hydrogen) atoms. The molecule has 0 amide bonds. The number of hydrogen-bond donors (Lipinski definition) is 1. The summed E-state index contributed by atoms with van der Waals surface area (Å²) in [5, 5.41) is 11.2. The second kappa shape index (κ2) is 9.73. The molecule has 1 N–H and O–H groups in total. The van der Waals surface area contributed by atoms with Crippen molar-refractivity contribution < 1.29 is 22.3 Å². The maximum absolute atomic E-state index is 13.4. The Morgan fingerprint density at radius 3 is 2.00 bits per heavy atom. The molecule has 0 spiro atoms. The van der Waals surface area contributed by atoms with Crippen molar-refractivity contribution >= 4 is 21.4 Å². The molecule has 172 valence electrons. The summed E-state index contributed by atoms with van der Waals surface area (Å²) in [6, 6.07) is 17.7.